The molecule has 1 aliphatic rings. The zero-order chi connectivity index (χ0) is 20.0. The molecule has 0 atom stereocenters. The summed E-state index contributed by atoms with van der Waals surface area (Å²) in [6.07, 6.45) is 0.203. The lowest BCUT2D eigenvalue weighted by Crippen LogP contribution is -2.50. The Hall–Kier alpha value is -2.77. The van der Waals surface area contributed by atoms with E-state index in [1.165, 1.54) is 25.9 Å². The average Bonchev–Trinajstić information content (AvgIpc) is 2.67. The van der Waals surface area contributed by atoms with Crippen molar-refractivity contribution in [2.75, 3.05) is 51.8 Å². The predicted molar refractivity (Wildman–Crippen MR) is 101 cm³/mol. The Kier molecular flexibility index (Phi) is 7.04. The second kappa shape index (κ2) is 9.25. The zero-order valence-corrected chi connectivity index (χ0v) is 16.4. The van der Waals surface area contributed by atoms with Crippen LogP contribution in [0.2, 0.25) is 0 Å². The molecule has 0 N–H and O–H groups in total. The topological polar surface area (TPSA) is 79.4 Å². The van der Waals surface area contributed by atoms with Gasteiger partial charge in [0.1, 0.15) is 11.5 Å². The summed E-state index contributed by atoms with van der Waals surface area (Å²) in [5.41, 5.74) is 0.597. The van der Waals surface area contributed by atoms with E-state index in [1.54, 1.807) is 35.1 Å². The highest BCUT2D eigenvalue weighted by Gasteiger charge is 2.24. The third-order valence-corrected chi connectivity index (χ3v) is 4.68. The molecule has 8 nitrogen and oxygen atoms in total. The summed E-state index contributed by atoms with van der Waals surface area (Å²) in [7, 11) is 3.08. The molecule has 1 aliphatic heterocycles. The van der Waals surface area contributed by atoms with Crippen LogP contribution in [0, 0.1) is 0 Å². The smallest absolute Gasteiger partial charge is 0.224 e. The molecule has 148 valence electrons. The van der Waals surface area contributed by atoms with E-state index in [9.17, 15) is 14.4 Å². The molecule has 2 rings (SSSR count). The van der Waals surface area contributed by atoms with Crippen LogP contribution in [-0.2, 0) is 14.4 Å². The van der Waals surface area contributed by atoms with Crippen LogP contribution in [0.5, 0.6) is 11.5 Å². The van der Waals surface area contributed by atoms with E-state index >= 15 is 0 Å². The van der Waals surface area contributed by atoms with Gasteiger partial charge in [-0.15, -0.1) is 0 Å². The normalized spacial score (nSPS) is 13.9. The zero-order valence-electron chi connectivity index (χ0n) is 16.4. The van der Waals surface area contributed by atoms with Crippen LogP contribution >= 0.6 is 0 Å². The van der Waals surface area contributed by atoms with Gasteiger partial charge < -0.3 is 24.2 Å². The van der Waals surface area contributed by atoms with Gasteiger partial charge >= 0.3 is 0 Å². The monoisotopic (exact) mass is 377 g/mol. The van der Waals surface area contributed by atoms with E-state index in [4.69, 9.17) is 9.47 Å². The lowest BCUT2D eigenvalue weighted by molar-refractivity contribution is -0.138. The van der Waals surface area contributed by atoms with Gasteiger partial charge in [0, 0.05) is 59.1 Å². The summed E-state index contributed by atoms with van der Waals surface area (Å²) in [6.45, 7) is 5.37. The molecule has 3 amide bonds. The number of piperazine rings is 1. The van der Waals surface area contributed by atoms with E-state index in [0.717, 1.165) is 0 Å². The maximum absolute atomic E-state index is 12.5. The maximum atomic E-state index is 12.5. The highest BCUT2D eigenvalue weighted by atomic mass is 16.5. The van der Waals surface area contributed by atoms with E-state index in [1.807, 2.05) is 0 Å². The number of hydrogen-bond donors (Lipinski definition) is 0. The first kappa shape index (κ1) is 20.5. The van der Waals surface area contributed by atoms with Crippen LogP contribution < -0.4 is 14.4 Å². The molecule has 0 aromatic heterocycles. The number of carbonyl (C=O) groups excluding carboxylic acids is 3. The minimum atomic E-state index is -0.173. The molecule has 8 heteroatoms. The van der Waals surface area contributed by atoms with Crippen molar-refractivity contribution in [3.05, 3.63) is 18.2 Å². The first-order valence-electron chi connectivity index (χ1n) is 8.90. The SMILES string of the molecule is COc1ccc(N(CCC(=O)N2CCN(C(C)=O)CC2)C(C)=O)c(OC)c1. The maximum Gasteiger partial charge on any atom is 0.224 e. The van der Waals surface area contributed by atoms with Crippen molar-refractivity contribution in [3.8, 4) is 11.5 Å². The number of amides is 3. The Bertz CT molecular complexity index is 699. The lowest BCUT2D eigenvalue weighted by atomic mass is 10.2. The van der Waals surface area contributed by atoms with E-state index in [0.29, 0.717) is 43.4 Å². The number of anilines is 1. The first-order valence-corrected chi connectivity index (χ1v) is 8.90. The summed E-state index contributed by atoms with van der Waals surface area (Å²) in [5, 5.41) is 0. The van der Waals surface area contributed by atoms with Crippen molar-refractivity contribution >= 4 is 23.4 Å². The van der Waals surface area contributed by atoms with Crippen molar-refractivity contribution < 1.29 is 23.9 Å². The van der Waals surface area contributed by atoms with E-state index in [2.05, 4.69) is 0 Å². The molecule has 1 fully saturated rings. The van der Waals surface area contributed by atoms with Gasteiger partial charge in [-0.3, -0.25) is 14.4 Å². The van der Waals surface area contributed by atoms with Crippen molar-refractivity contribution in [3.63, 3.8) is 0 Å². The molecule has 0 radical (unpaired) electrons. The molecule has 0 unspecified atom stereocenters. The fourth-order valence-electron chi connectivity index (χ4n) is 3.09. The van der Waals surface area contributed by atoms with Crippen LogP contribution in [0.15, 0.2) is 18.2 Å². The Morgan fingerprint density at radius 2 is 1.63 bits per heavy atom. The minimum absolute atomic E-state index is 0.0245. The summed E-state index contributed by atoms with van der Waals surface area (Å²) < 4.78 is 10.6. The van der Waals surface area contributed by atoms with Gasteiger partial charge in [-0.05, 0) is 12.1 Å². The quantitative estimate of drug-likeness (QED) is 0.743. The van der Waals surface area contributed by atoms with Gasteiger partial charge in [-0.25, -0.2) is 0 Å². The first-order chi connectivity index (χ1) is 12.9. The summed E-state index contributed by atoms with van der Waals surface area (Å²) in [5.74, 6) is 0.951. The third kappa shape index (κ3) is 5.12. The number of ether oxygens (including phenoxy) is 2. The largest absolute Gasteiger partial charge is 0.497 e. The summed E-state index contributed by atoms with van der Waals surface area (Å²) in [4.78, 5) is 41.0. The highest BCUT2D eigenvalue weighted by Crippen LogP contribution is 2.32. The van der Waals surface area contributed by atoms with Crippen LogP contribution in [-0.4, -0.2) is 74.5 Å². The molecule has 0 saturated carbocycles. The van der Waals surface area contributed by atoms with Gasteiger partial charge in [0.15, 0.2) is 0 Å². The van der Waals surface area contributed by atoms with Crippen LogP contribution in [0.4, 0.5) is 5.69 Å². The Morgan fingerprint density at radius 3 is 2.15 bits per heavy atom. The number of benzene rings is 1. The molecule has 1 aromatic carbocycles. The highest BCUT2D eigenvalue weighted by molar-refractivity contribution is 5.94. The molecule has 1 aromatic rings. The Balaban J connectivity index is 2.02. The molecular weight excluding hydrogens is 350 g/mol. The van der Waals surface area contributed by atoms with Crippen molar-refractivity contribution in [1.29, 1.82) is 0 Å². The van der Waals surface area contributed by atoms with Crippen molar-refractivity contribution in [2.24, 2.45) is 0 Å². The molecular formula is C19H27N3O5. The third-order valence-electron chi connectivity index (χ3n) is 4.68. The average molecular weight is 377 g/mol. The van der Waals surface area contributed by atoms with Gasteiger partial charge in [-0.2, -0.15) is 0 Å². The van der Waals surface area contributed by atoms with Crippen molar-refractivity contribution in [2.45, 2.75) is 20.3 Å². The van der Waals surface area contributed by atoms with Gasteiger partial charge in [0.05, 0.1) is 19.9 Å². The number of rotatable bonds is 6. The fraction of sp³-hybridized carbons (Fsp3) is 0.526. The Labute approximate surface area is 159 Å². The number of nitrogens with zero attached hydrogens (tertiary/aromatic N) is 3. The molecule has 0 aliphatic carbocycles. The second-order valence-electron chi connectivity index (χ2n) is 6.35. The molecule has 27 heavy (non-hydrogen) atoms. The number of methoxy groups -OCH3 is 2. The van der Waals surface area contributed by atoms with Crippen LogP contribution in [0.1, 0.15) is 20.3 Å². The van der Waals surface area contributed by atoms with Gasteiger partial charge in [-0.1, -0.05) is 0 Å². The predicted octanol–water partition coefficient (Wildman–Crippen LogP) is 1.14. The fourth-order valence-corrected chi connectivity index (χ4v) is 3.09. The second-order valence-corrected chi connectivity index (χ2v) is 6.35. The Morgan fingerprint density at radius 1 is 1.00 bits per heavy atom. The van der Waals surface area contributed by atoms with Gasteiger partial charge in [0.25, 0.3) is 0 Å². The number of hydrogen-bond acceptors (Lipinski definition) is 5. The molecule has 1 heterocycles. The molecule has 1 saturated heterocycles. The minimum Gasteiger partial charge on any atom is -0.497 e. The summed E-state index contributed by atoms with van der Waals surface area (Å²) >= 11 is 0. The molecule has 0 bridgehead atoms. The van der Waals surface area contributed by atoms with E-state index in [-0.39, 0.29) is 30.7 Å². The number of carbonyl (C=O) groups is 3. The van der Waals surface area contributed by atoms with E-state index < -0.39 is 0 Å². The van der Waals surface area contributed by atoms with Gasteiger partial charge in [0.2, 0.25) is 17.7 Å². The van der Waals surface area contributed by atoms with Crippen LogP contribution in [0.3, 0.4) is 0 Å². The molecule has 0 spiro atoms. The van der Waals surface area contributed by atoms with Crippen LogP contribution in [0.25, 0.3) is 0 Å². The standard InChI is InChI=1S/C19H27N3O5/c1-14(23)20-9-11-21(12-10-20)19(25)7-8-22(15(2)24)17-6-5-16(26-3)13-18(17)27-4/h5-6,13H,7-12H2,1-4H3. The van der Waals surface area contributed by atoms with Crippen molar-refractivity contribution in [1.82, 2.24) is 9.80 Å². The summed E-state index contributed by atoms with van der Waals surface area (Å²) in [6, 6.07) is 5.19. The lowest BCUT2D eigenvalue weighted by Gasteiger charge is -2.34.